The molecule has 2 heterocycles. The fourth-order valence-electron chi connectivity index (χ4n) is 5.11. The predicted molar refractivity (Wildman–Crippen MR) is 130 cm³/mol. The van der Waals surface area contributed by atoms with Gasteiger partial charge in [-0.1, -0.05) is 38.1 Å². The van der Waals surface area contributed by atoms with E-state index in [0.717, 1.165) is 18.4 Å². The molecule has 0 saturated carbocycles. The Bertz CT molecular complexity index is 993. The first kappa shape index (κ1) is 23.5. The number of carbonyl (C=O) groups is 3. The summed E-state index contributed by atoms with van der Waals surface area (Å²) < 4.78 is 0. The highest BCUT2D eigenvalue weighted by atomic mass is 32.1. The molecule has 1 saturated heterocycles. The van der Waals surface area contributed by atoms with Crippen molar-refractivity contribution in [1.82, 2.24) is 15.5 Å². The number of hydrogen-bond acceptors (Lipinski definition) is 4. The van der Waals surface area contributed by atoms with Crippen molar-refractivity contribution in [1.29, 1.82) is 0 Å². The second-order valence-electron chi connectivity index (χ2n) is 9.94. The Morgan fingerprint density at radius 2 is 1.79 bits per heavy atom. The molecule has 33 heavy (non-hydrogen) atoms. The highest BCUT2D eigenvalue weighted by Crippen LogP contribution is 2.35. The third-order valence-corrected chi connectivity index (χ3v) is 7.22. The number of rotatable bonds is 7. The molecule has 1 aliphatic carbocycles. The van der Waals surface area contributed by atoms with Gasteiger partial charge >= 0.3 is 0 Å². The normalized spacial score (nSPS) is 21.9. The molecule has 7 heteroatoms. The summed E-state index contributed by atoms with van der Waals surface area (Å²) in [4.78, 5) is 42.5. The predicted octanol–water partition coefficient (Wildman–Crippen LogP) is 3.47. The van der Waals surface area contributed by atoms with Gasteiger partial charge in [0.2, 0.25) is 17.7 Å². The average Bonchev–Trinajstić information content (AvgIpc) is 3.41. The molecule has 1 aliphatic heterocycles. The number of amides is 3. The van der Waals surface area contributed by atoms with Crippen molar-refractivity contribution < 1.29 is 14.4 Å². The van der Waals surface area contributed by atoms with Gasteiger partial charge in [0.1, 0.15) is 18.1 Å². The lowest BCUT2D eigenvalue weighted by Gasteiger charge is -2.44. The maximum absolute atomic E-state index is 14.1. The summed E-state index contributed by atoms with van der Waals surface area (Å²) in [6.07, 6.45) is 2.00. The Balaban J connectivity index is 1.71. The van der Waals surface area contributed by atoms with Crippen LogP contribution in [0.1, 0.15) is 56.8 Å². The average molecular weight is 468 g/mol. The Hall–Kier alpha value is -2.67. The molecular weight excluding hydrogens is 434 g/mol. The lowest BCUT2D eigenvalue weighted by atomic mass is 9.88. The van der Waals surface area contributed by atoms with Crippen LogP contribution in [0.5, 0.6) is 0 Å². The fourth-order valence-corrected chi connectivity index (χ4v) is 5.79. The van der Waals surface area contributed by atoms with E-state index >= 15 is 0 Å². The van der Waals surface area contributed by atoms with Crippen LogP contribution in [0, 0.1) is 11.8 Å². The van der Waals surface area contributed by atoms with E-state index in [4.69, 9.17) is 0 Å². The quantitative estimate of drug-likeness (QED) is 0.655. The summed E-state index contributed by atoms with van der Waals surface area (Å²) >= 11 is 1.48. The second kappa shape index (κ2) is 9.67. The zero-order valence-corrected chi connectivity index (χ0v) is 20.5. The molecule has 6 nitrogen and oxygen atoms in total. The molecule has 3 unspecified atom stereocenters. The molecule has 1 aromatic heterocycles. The minimum Gasteiger partial charge on any atom is -0.352 e. The highest BCUT2D eigenvalue weighted by Gasteiger charge is 2.49. The number of piperazine rings is 1. The van der Waals surface area contributed by atoms with Crippen LogP contribution in [0.25, 0.3) is 0 Å². The van der Waals surface area contributed by atoms with Gasteiger partial charge in [-0.2, -0.15) is 11.3 Å². The highest BCUT2D eigenvalue weighted by molar-refractivity contribution is 7.08. The fraction of sp³-hybridized carbons (Fsp3) is 0.500. The summed E-state index contributed by atoms with van der Waals surface area (Å²) in [5.74, 6) is -0.388. The molecule has 1 aromatic carbocycles. The molecular formula is C26H33N3O3S. The standard InChI is InChI=1S/C26H33N3O3S/c1-15(2)11-21-24(30)28-22(20-12-17-7-5-6-8-18(17)13-20)26(32)29(21)23(19-9-10-33-14-19)25(31)27-16(3)4/h5-10,14-16,20-23H,11-13H2,1-4H3,(H,27,31)(H,28,30). The third-order valence-electron chi connectivity index (χ3n) is 6.52. The molecule has 0 radical (unpaired) electrons. The van der Waals surface area contributed by atoms with Crippen molar-refractivity contribution in [2.45, 2.75) is 71.1 Å². The lowest BCUT2D eigenvalue weighted by molar-refractivity contribution is -0.158. The van der Waals surface area contributed by atoms with Crippen LogP contribution in [0.15, 0.2) is 41.1 Å². The number of nitrogens with zero attached hydrogens (tertiary/aromatic N) is 1. The Morgan fingerprint density at radius 3 is 2.33 bits per heavy atom. The van der Waals surface area contributed by atoms with Gasteiger partial charge in [-0.05, 0) is 78.5 Å². The molecule has 0 bridgehead atoms. The van der Waals surface area contributed by atoms with Gasteiger partial charge in [-0.15, -0.1) is 0 Å². The number of thiophene rings is 1. The van der Waals surface area contributed by atoms with Crippen LogP contribution in [-0.2, 0) is 27.2 Å². The summed E-state index contributed by atoms with van der Waals surface area (Å²) in [5.41, 5.74) is 3.21. The van der Waals surface area contributed by atoms with E-state index in [2.05, 4.69) is 22.8 Å². The SMILES string of the molecule is CC(C)CC1C(=O)NC(C2Cc3ccccc3C2)C(=O)N1C(C(=O)NC(C)C)c1ccsc1. The molecule has 176 valence electrons. The second-order valence-corrected chi connectivity index (χ2v) is 10.7. The molecule has 3 amide bonds. The summed E-state index contributed by atoms with van der Waals surface area (Å²) in [6.45, 7) is 7.86. The van der Waals surface area contributed by atoms with E-state index in [1.807, 2.05) is 56.7 Å². The largest absolute Gasteiger partial charge is 0.352 e. The van der Waals surface area contributed by atoms with Crippen molar-refractivity contribution in [3.05, 3.63) is 57.8 Å². The maximum Gasteiger partial charge on any atom is 0.247 e. The summed E-state index contributed by atoms with van der Waals surface area (Å²) in [7, 11) is 0. The van der Waals surface area contributed by atoms with E-state index < -0.39 is 18.1 Å². The van der Waals surface area contributed by atoms with Crippen LogP contribution in [-0.4, -0.2) is 40.7 Å². The van der Waals surface area contributed by atoms with E-state index in [1.165, 1.54) is 22.5 Å². The van der Waals surface area contributed by atoms with Crippen LogP contribution in [0.3, 0.4) is 0 Å². The number of benzene rings is 1. The Kier molecular flexibility index (Phi) is 6.88. The van der Waals surface area contributed by atoms with E-state index in [0.29, 0.717) is 6.42 Å². The number of hydrogen-bond donors (Lipinski definition) is 2. The van der Waals surface area contributed by atoms with Crippen molar-refractivity contribution in [2.75, 3.05) is 0 Å². The van der Waals surface area contributed by atoms with Crippen LogP contribution >= 0.6 is 11.3 Å². The molecule has 0 spiro atoms. The summed E-state index contributed by atoms with van der Waals surface area (Å²) in [5, 5.41) is 9.83. The van der Waals surface area contributed by atoms with E-state index in [9.17, 15) is 14.4 Å². The molecule has 2 N–H and O–H groups in total. The molecule has 2 aliphatic rings. The monoisotopic (exact) mass is 467 g/mol. The minimum absolute atomic E-state index is 0.0161. The third kappa shape index (κ3) is 4.83. The molecule has 1 fully saturated rings. The number of carbonyl (C=O) groups excluding carboxylic acids is 3. The molecule has 2 aromatic rings. The van der Waals surface area contributed by atoms with Crippen molar-refractivity contribution in [2.24, 2.45) is 11.8 Å². The summed E-state index contributed by atoms with van der Waals surface area (Å²) in [6, 6.07) is 7.86. The van der Waals surface area contributed by atoms with E-state index in [-0.39, 0.29) is 35.6 Å². The first-order chi connectivity index (χ1) is 15.8. The molecule has 3 atom stereocenters. The van der Waals surface area contributed by atoms with Crippen LogP contribution < -0.4 is 10.6 Å². The smallest absolute Gasteiger partial charge is 0.247 e. The van der Waals surface area contributed by atoms with Gasteiger partial charge in [0, 0.05) is 6.04 Å². The first-order valence-corrected chi connectivity index (χ1v) is 12.7. The first-order valence-electron chi connectivity index (χ1n) is 11.8. The number of nitrogens with one attached hydrogen (secondary N) is 2. The minimum atomic E-state index is -0.827. The van der Waals surface area contributed by atoms with Gasteiger partial charge < -0.3 is 15.5 Å². The van der Waals surface area contributed by atoms with Gasteiger partial charge in [-0.25, -0.2) is 0 Å². The van der Waals surface area contributed by atoms with Crippen molar-refractivity contribution in [3.8, 4) is 0 Å². The van der Waals surface area contributed by atoms with Crippen molar-refractivity contribution in [3.63, 3.8) is 0 Å². The zero-order chi connectivity index (χ0) is 23.7. The topological polar surface area (TPSA) is 78.5 Å². The van der Waals surface area contributed by atoms with Gasteiger partial charge in [0.05, 0.1) is 0 Å². The van der Waals surface area contributed by atoms with Gasteiger partial charge in [0.15, 0.2) is 0 Å². The van der Waals surface area contributed by atoms with Crippen LogP contribution in [0.2, 0.25) is 0 Å². The Morgan fingerprint density at radius 1 is 1.12 bits per heavy atom. The maximum atomic E-state index is 14.1. The van der Waals surface area contributed by atoms with Crippen LogP contribution in [0.4, 0.5) is 0 Å². The molecule has 4 rings (SSSR count). The number of fused-ring (bicyclic) bond motifs is 1. The van der Waals surface area contributed by atoms with Crippen molar-refractivity contribution >= 4 is 29.1 Å². The zero-order valence-electron chi connectivity index (χ0n) is 19.7. The van der Waals surface area contributed by atoms with Gasteiger partial charge in [-0.3, -0.25) is 14.4 Å². The van der Waals surface area contributed by atoms with E-state index in [1.54, 1.807) is 4.90 Å². The van der Waals surface area contributed by atoms with Gasteiger partial charge in [0.25, 0.3) is 0 Å². The lowest BCUT2D eigenvalue weighted by Crippen LogP contribution is -2.67. The Labute approximate surface area is 199 Å².